The number of aryl methyl sites for hydroxylation is 2. The average Bonchev–Trinajstić information content (AvgIpc) is 3.48. The van der Waals surface area contributed by atoms with E-state index in [-0.39, 0.29) is 17.6 Å². The van der Waals surface area contributed by atoms with Crippen molar-refractivity contribution < 1.29 is 32.2 Å². The summed E-state index contributed by atoms with van der Waals surface area (Å²) in [6.45, 7) is 6.23. The van der Waals surface area contributed by atoms with Crippen molar-refractivity contribution in [3.63, 3.8) is 0 Å². The lowest BCUT2D eigenvalue weighted by atomic mass is 9.94. The zero-order chi connectivity index (χ0) is 28.3. The number of benzene rings is 3. The van der Waals surface area contributed by atoms with E-state index in [9.17, 15) is 13.2 Å². The largest absolute Gasteiger partial charge is 0.492 e. The summed E-state index contributed by atoms with van der Waals surface area (Å²) < 4.78 is 48.1. The van der Waals surface area contributed by atoms with Crippen LogP contribution in [-0.2, 0) is 26.2 Å². The molecule has 9 heteroatoms. The van der Waals surface area contributed by atoms with Crippen molar-refractivity contribution in [2.75, 3.05) is 39.2 Å². The molecule has 0 aromatic heterocycles. The van der Waals surface area contributed by atoms with Crippen molar-refractivity contribution in [1.82, 2.24) is 4.31 Å². The van der Waals surface area contributed by atoms with E-state index in [1.807, 2.05) is 42.5 Å². The first kappa shape index (κ1) is 28.0. The van der Waals surface area contributed by atoms with Crippen molar-refractivity contribution in [2.24, 2.45) is 0 Å². The van der Waals surface area contributed by atoms with E-state index in [0.717, 1.165) is 44.9 Å². The van der Waals surface area contributed by atoms with Crippen LogP contribution < -0.4 is 14.2 Å². The second-order valence-electron chi connectivity index (χ2n) is 10.3. The summed E-state index contributed by atoms with van der Waals surface area (Å²) in [5.41, 5.74) is 6.43. The van der Waals surface area contributed by atoms with Gasteiger partial charge in [0, 0.05) is 30.6 Å². The molecule has 2 heterocycles. The fourth-order valence-electron chi connectivity index (χ4n) is 5.45. The van der Waals surface area contributed by atoms with Crippen LogP contribution in [0.15, 0.2) is 54.6 Å². The summed E-state index contributed by atoms with van der Waals surface area (Å²) in [7, 11) is -1.72. The Balaban J connectivity index is 1.22. The number of fused-ring (bicyclic) bond motifs is 1. The number of esters is 1. The highest BCUT2D eigenvalue weighted by Crippen LogP contribution is 2.39. The van der Waals surface area contributed by atoms with E-state index in [1.54, 1.807) is 0 Å². The predicted molar refractivity (Wildman–Crippen MR) is 152 cm³/mol. The van der Waals surface area contributed by atoms with Crippen LogP contribution in [0.2, 0.25) is 0 Å². The van der Waals surface area contributed by atoms with Crippen molar-refractivity contribution in [3.05, 3.63) is 76.9 Å². The Morgan fingerprint density at radius 1 is 1.02 bits per heavy atom. The summed E-state index contributed by atoms with van der Waals surface area (Å²) in [4.78, 5) is 11.7. The first-order valence-corrected chi connectivity index (χ1v) is 15.1. The lowest BCUT2D eigenvalue weighted by molar-refractivity contribution is -0.141. The van der Waals surface area contributed by atoms with Gasteiger partial charge >= 0.3 is 5.97 Å². The molecule has 8 nitrogen and oxygen atoms in total. The lowest BCUT2D eigenvalue weighted by Gasteiger charge is -2.17. The molecule has 3 aromatic carbocycles. The summed E-state index contributed by atoms with van der Waals surface area (Å²) in [5, 5.41) is 0. The van der Waals surface area contributed by atoms with Gasteiger partial charge in [-0.1, -0.05) is 24.3 Å². The monoisotopic (exact) mass is 565 g/mol. The van der Waals surface area contributed by atoms with E-state index >= 15 is 0 Å². The second kappa shape index (κ2) is 11.9. The summed E-state index contributed by atoms with van der Waals surface area (Å²) >= 11 is 0. The maximum Gasteiger partial charge on any atom is 0.306 e. The molecular weight excluding hydrogens is 530 g/mol. The highest BCUT2D eigenvalue weighted by atomic mass is 32.2. The molecule has 0 N–H and O–H groups in total. The number of carbonyl (C=O) groups is 1. The number of carbonyl (C=O) groups excluding carboxylic acids is 1. The van der Waals surface area contributed by atoms with Crippen molar-refractivity contribution in [2.45, 2.75) is 39.2 Å². The summed E-state index contributed by atoms with van der Waals surface area (Å²) in [6, 6.07) is 18.0. The minimum Gasteiger partial charge on any atom is -0.492 e. The number of rotatable bonds is 10. The maximum atomic E-state index is 12.0. The minimum atomic E-state index is -3.12. The van der Waals surface area contributed by atoms with Crippen LogP contribution in [0.5, 0.6) is 17.2 Å². The fourth-order valence-corrected chi connectivity index (χ4v) is 6.97. The minimum absolute atomic E-state index is 0.00216. The predicted octanol–water partition coefficient (Wildman–Crippen LogP) is 5.00. The Bertz CT molecular complexity index is 1480. The standard InChI is InChI=1S/C31H35NO7S/c1-21-14-27(37-12-11-32-10-5-13-40(32,34)35)15-22(2)31(21)24-7-4-6-23(16-24)19-38-26-8-9-28-25(17-30(33)36-3)20-39-29(28)18-26/h4,6-9,14-16,18,25H,5,10-13,17,19-20H2,1-3H3/t25-/m1/s1. The molecule has 0 aliphatic carbocycles. The number of hydrogen-bond donors (Lipinski definition) is 0. The van der Waals surface area contributed by atoms with Gasteiger partial charge in [0.2, 0.25) is 10.0 Å². The van der Waals surface area contributed by atoms with Crippen LogP contribution in [-0.4, -0.2) is 57.9 Å². The molecule has 1 fully saturated rings. The van der Waals surface area contributed by atoms with Gasteiger partial charge in [0.1, 0.15) is 30.5 Å². The van der Waals surface area contributed by atoms with E-state index in [1.165, 1.54) is 11.4 Å². The topological polar surface area (TPSA) is 91.4 Å². The lowest BCUT2D eigenvalue weighted by Crippen LogP contribution is -2.30. The smallest absolute Gasteiger partial charge is 0.306 e. The average molecular weight is 566 g/mol. The molecule has 0 bridgehead atoms. The van der Waals surface area contributed by atoms with Gasteiger partial charge in [-0.05, 0) is 72.4 Å². The van der Waals surface area contributed by atoms with E-state index in [4.69, 9.17) is 18.9 Å². The van der Waals surface area contributed by atoms with Crippen LogP contribution in [0.3, 0.4) is 0 Å². The zero-order valence-electron chi connectivity index (χ0n) is 23.1. The highest BCUT2D eigenvalue weighted by molar-refractivity contribution is 7.89. The van der Waals surface area contributed by atoms with Crippen molar-refractivity contribution in [1.29, 1.82) is 0 Å². The quantitative estimate of drug-likeness (QED) is 0.320. The molecule has 2 aliphatic heterocycles. The van der Waals surface area contributed by atoms with Crippen LogP contribution in [0.25, 0.3) is 11.1 Å². The third-order valence-corrected chi connectivity index (χ3v) is 9.40. The van der Waals surface area contributed by atoms with Gasteiger partial charge in [-0.15, -0.1) is 0 Å². The molecule has 2 aliphatic rings. The number of nitrogens with zero attached hydrogens (tertiary/aromatic N) is 1. The summed E-state index contributed by atoms with van der Waals surface area (Å²) in [6.07, 6.45) is 0.978. The van der Waals surface area contributed by atoms with E-state index in [0.29, 0.717) is 51.5 Å². The van der Waals surface area contributed by atoms with Gasteiger partial charge < -0.3 is 18.9 Å². The molecule has 1 saturated heterocycles. The molecule has 0 unspecified atom stereocenters. The molecule has 40 heavy (non-hydrogen) atoms. The number of methoxy groups -OCH3 is 1. The molecule has 5 rings (SSSR count). The molecule has 3 aromatic rings. The Morgan fingerprint density at radius 2 is 1.82 bits per heavy atom. The molecule has 0 amide bonds. The van der Waals surface area contributed by atoms with Crippen LogP contribution >= 0.6 is 0 Å². The number of sulfonamides is 1. The molecule has 212 valence electrons. The third-order valence-electron chi connectivity index (χ3n) is 7.45. The number of hydrogen-bond acceptors (Lipinski definition) is 7. The molecule has 0 spiro atoms. The fraction of sp³-hybridized carbons (Fsp3) is 0.387. The first-order chi connectivity index (χ1) is 19.2. The Labute approximate surface area is 235 Å². The van der Waals surface area contributed by atoms with Crippen LogP contribution in [0.1, 0.15) is 41.0 Å². The van der Waals surface area contributed by atoms with Gasteiger partial charge in [0.05, 0.1) is 25.9 Å². The normalized spacial score (nSPS) is 17.7. The van der Waals surface area contributed by atoms with E-state index in [2.05, 4.69) is 26.0 Å². The van der Waals surface area contributed by atoms with E-state index < -0.39 is 10.0 Å². The molecule has 1 atom stereocenters. The van der Waals surface area contributed by atoms with Gasteiger partial charge in [-0.25, -0.2) is 8.42 Å². The Kier molecular flexibility index (Phi) is 8.32. The Hall–Kier alpha value is -3.56. The van der Waals surface area contributed by atoms with Crippen molar-refractivity contribution in [3.8, 4) is 28.4 Å². The first-order valence-electron chi connectivity index (χ1n) is 13.5. The van der Waals surface area contributed by atoms with Crippen LogP contribution in [0, 0.1) is 13.8 Å². The third kappa shape index (κ3) is 6.26. The molecule has 0 radical (unpaired) electrons. The van der Waals surface area contributed by atoms with Gasteiger partial charge in [-0.2, -0.15) is 4.31 Å². The zero-order valence-corrected chi connectivity index (χ0v) is 24.0. The van der Waals surface area contributed by atoms with Gasteiger partial charge in [0.15, 0.2) is 0 Å². The Morgan fingerprint density at radius 3 is 2.55 bits per heavy atom. The SMILES string of the molecule is COC(=O)C[C@@H]1COc2cc(OCc3cccc(-c4c(C)cc(OCCN5CCCS5(=O)=O)cc4C)c3)ccc21. The summed E-state index contributed by atoms with van der Waals surface area (Å²) in [5.74, 6) is 2.17. The second-order valence-corrected chi connectivity index (χ2v) is 12.4. The van der Waals surface area contributed by atoms with Gasteiger partial charge in [0.25, 0.3) is 0 Å². The number of ether oxygens (including phenoxy) is 4. The maximum absolute atomic E-state index is 12.0. The van der Waals surface area contributed by atoms with Gasteiger partial charge in [-0.3, -0.25) is 4.79 Å². The van der Waals surface area contributed by atoms with Crippen LogP contribution in [0.4, 0.5) is 0 Å². The highest BCUT2D eigenvalue weighted by Gasteiger charge is 2.28. The van der Waals surface area contributed by atoms with Crippen molar-refractivity contribution >= 4 is 16.0 Å². The molecular formula is C31H35NO7S. The molecule has 0 saturated carbocycles.